The molecular weight excluding hydrogens is 226 g/mol. The zero-order chi connectivity index (χ0) is 11.5. The van der Waals surface area contributed by atoms with Crippen LogP contribution in [0.1, 0.15) is 12.5 Å². The molecule has 0 saturated carbocycles. The molecule has 2 atom stereocenters. The van der Waals surface area contributed by atoms with Crippen LogP contribution in [0.15, 0.2) is 35.4 Å². The molecule has 1 aliphatic heterocycles. The van der Waals surface area contributed by atoms with E-state index >= 15 is 0 Å². The van der Waals surface area contributed by atoms with E-state index in [0.29, 0.717) is 5.03 Å². The van der Waals surface area contributed by atoms with Crippen LogP contribution >= 0.6 is 11.6 Å². The van der Waals surface area contributed by atoms with Crippen molar-refractivity contribution in [1.29, 1.82) is 0 Å². The van der Waals surface area contributed by atoms with Gasteiger partial charge < -0.3 is 10.1 Å². The fraction of sp³-hybridized carbons (Fsp3) is 0.250. The minimum atomic E-state index is -0.524. The second-order valence-electron chi connectivity index (χ2n) is 3.61. The van der Waals surface area contributed by atoms with Crippen LogP contribution in [0.2, 0.25) is 0 Å². The Hall–Kier alpha value is -1.32. The summed E-state index contributed by atoms with van der Waals surface area (Å²) in [7, 11) is 0. The van der Waals surface area contributed by atoms with Crippen LogP contribution in [0.4, 0.5) is 0 Å². The maximum absolute atomic E-state index is 11.2. The lowest BCUT2D eigenvalue weighted by molar-refractivity contribution is -0.122. The summed E-state index contributed by atoms with van der Waals surface area (Å²) in [6.45, 7) is 1.70. The molecular formula is C12H12ClNO2. The Morgan fingerprint density at radius 2 is 2.12 bits per heavy atom. The highest BCUT2D eigenvalue weighted by atomic mass is 35.5. The summed E-state index contributed by atoms with van der Waals surface area (Å²) in [6.07, 6.45) is 0.817. The number of benzene rings is 1. The first-order valence-electron chi connectivity index (χ1n) is 5.05. The van der Waals surface area contributed by atoms with E-state index in [1.807, 2.05) is 30.3 Å². The molecule has 0 aromatic heterocycles. The van der Waals surface area contributed by atoms with Crippen molar-refractivity contribution in [2.24, 2.45) is 0 Å². The summed E-state index contributed by atoms with van der Waals surface area (Å²) >= 11 is 6.07. The summed E-state index contributed by atoms with van der Waals surface area (Å²) in [4.78, 5) is 11.2. The number of ether oxygens (including phenoxy) is 1. The smallest absolute Gasteiger partial charge is 0.251 e. The van der Waals surface area contributed by atoms with Crippen molar-refractivity contribution in [2.75, 3.05) is 0 Å². The first-order chi connectivity index (χ1) is 7.66. The van der Waals surface area contributed by atoms with Crippen LogP contribution in [-0.4, -0.2) is 18.2 Å². The molecule has 1 saturated heterocycles. The van der Waals surface area contributed by atoms with Gasteiger partial charge in [-0.25, -0.2) is 0 Å². The molecule has 1 aliphatic rings. The van der Waals surface area contributed by atoms with Crippen LogP contribution in [0.5, 0.6) is 0 Å². The number of hydrogen-bond donors (Lipinski definition) is 1. The first kappa shape index (κ1) is 11.2. The van der Waals surface area contributed by atoms with E-state index in [4.69, 9.17) is 16.3 Å². The molecule has 4 heteroatoms. The second kappa shape index (κ2) is 4.68. The molecule has 0 radical (unpaired) electrons. The van der Waals surface area contributed by atoms with Crippen LogP contribution in [0, 0.1) is 0 Å². The summed E-state index contributed by atoms with van der Waals surface area (Å²) in [5, 5.41) is 3.14. The largest absolute Gasteiger partial charge is 0.340 e. The number of amides is 1. The van der Waals surface area contributed by atoms with E-state index in [2.05, 4.69) is 5.32 Å². The Kier molecular flexibility index (Phi) is 3.27. The Morgan fingerprint density at radius 1 is 1.44 bits per heavy atom. The third-order valence-electron chi connectivity index (χ3n) is 2.34. The number of rotatable bonds is 2. The highest BCUT2D eigenvalue weighted by Crippen LogP contribution is 2.19. The van der Waals surface area contributed by atoms with Crippen LogP contribution in [-0.2, 0) is 9.53 Å². The molecule has 3 nitrogen and oxygen atoms in total. The van der Waals surface area contributed by atoms with Gasteiger partial charge in [0.15, 0.2) is 6.23 Å². The van der Waals surface area contributed by atoms with Crippen molar-refractivity contribution >= 4 is 23.6 Å². The maximum Gasteiger partial charge on any atom is 0.251 e. The lowest BCUT2D eigenvalue weighted by Crippen LogP contribution is -2.27. The van der Waals surface area contributed by atoms with Gasteiger partial charge in [0.1, 0.15) is 6.10 Å². The SMILES string of the molecule is C[C@H]1O[C@H](/C(Cl)=C\c2ccccc2)NC1=O. The average Bonchev–Trinajstić information content (AvgIpc) is 2.61. The third kappa shape index (κ3) is 2.43. The molecule has 1 aromatic rings. The zero-order valence-corrected chi connectivity index (χ0v) is 9.57. The number of carbonyl (C=O) groups is 1. The maximum atomic E-state index is 11.2. The molecule has 0 spiro atoms. The van der Waals surface area contributed by atoms with Gasteiger partial charge in [-0.3, -0.25) is 4.79 Å². The lowest BCUT2D eigenvalue weighted by Gasteiger charge is -2.08. The van der Waals surface area contributed by atoms with Gasteiger partial charge in [0.25, 0.3) is 5.91 Å². The van der Waals surface area contributed by atoms with E-state index in [1.165, 1.54) is 0 Å². The Balaban J connectivity index is 2.11. The van der Waals surface area contributed by atoms with Crippen molar-refractivity contribution in [3.63, 3.8) is 0 Å². The predicted octanol–water partition coefficient (Wildman–Crippen LogP) is 2.13. The van der Waals surface area contributed by atoms with Gasteiger partial charge in [0.05, 0.1) is 5.03 Å². The number of halogens is 1. The van der Waals surface area contributed by atoms with Gasteiger partial charge >= 0.3 is 0 Å². The topological polar surface area (TPSA) is 38.3 Å². The molecule has 0 bridgehead atoms. The monoisotopic (exact) mass is 237 g/mol. The van der Waals surface area contributed by atoms with Crippen LogP contribution < -0.4 is 5.32 Å². The Labute approximate surface area is 99.1 Å². The van der Waals surface area contributed by atoms with Gasteiger partial charge in [0, 0.05) is 0 Å². The van der Waals surface area contributed by atoms with E-state index in [-0.39, 0.29) is 5.91 Å². The fourth-order valence-corrected chi connectivity index (χ4v) is 1.70. The van der Waals surface area contributed by atoms with Crippen molar-refractivity contribution in [2.45, 2.75) is 19.3 Å². The average molecular weight is 238 g/mol. The predicted molar refractivity (Wildman–Crippen MR) is 62.7 cm³/mol. The van der Waals surface area contributed by atoms with Gasteiger partial charge in [-0.2, -0.15) is 0 Å². The van der Waals surface area contributed by atoms with Crippen molar-refractivity contribution in [1.82, 2.24) is 5.32 Å². The fourth-order valence-electron chi connectivity index (χ4n) is 1.46. The molecule has 2 rings (SSSR count). The Bertz CT molecular complexity index is 416. The van der Waals surface area contributed by atoms with E-state index < -0.39 is 12.3 Å². The van der Waals surface area contributed by atoms with Crippen LogP contribution in [0.3, 0.4) is 0 Å². The van der Waals surface area contributed by atoms with E-state index in [0.717, 1.165) is 5.56 Å². The summed E-state index contributed by atoms with van der Waals surface area (Å²) in [6, 6.07) is 9.64. The number of hydrogen-bond acceptors (Lipinski definition) is 2. The number of nitrogens with one attached hydrogen (secondary N) is 1. The summed E-state index contributed by atoms with van der Waals surface area (Å²) in [5.41, 5.74) is 0.977. The quantitative estimate of drug-likeness (QED) is 0.856. The first-order valence-corrected chi connectivity index (χ1v) is 5.42. The molecule has 16 heavy (non-hydrogen) atoms. The highest BCUT2D eigenvalue weighted by Gasteiger charge is 2.30. The highest BCUT2D eigenvalue weighted by molar-refractivity contribution is 6.32. The number of carbonyl (C=O) groups excluding carboxylic acids is 1. The minimum Gasteiger partial charge on any atom is -0.340 e. The van der Waals surface area contributed by atoms with Crippen LogP contribution in [0.25, 0.3) is 6.08 Å². The minimum absolute atomic E-state index is 0.135. The molecule has 1 amide bonds. The van der Waals surface area contributed by atoms with Gasteiger partial charge in [-0.15, -0.1) is 0 Å². The summed E-state index contributed by atoms with van der Waals surface area (Å²) in [5.74, 6) is -0.135. The second-order valence-corrected chi connectivity index (χ2v) is 4.04. The zero-order valence-electron chi connectivity index (χ0n) is 8.81. The van der Waals surface area contributed by atoms with E-state index in [9.17, 15) is 4.79 Å². The molecule has 1 heterocycles. The van der Waals surface area contributed by atoms with E-state index in [1.54, 1.807) is 13.0 Å². The molecule has 0 aliphatic carbocycles. The van der Waals surface area contributed by atoms with Crippen molar-refractivity contribution in [3.8, 4) is 0 Å². The van der Waals surface area contributed by atoms with Crippen molar-refractivity contribution < 1.29 is 9.53 Å². The molecule has 1 N–H and O–H groups in total. The molecule has 1 fully saturated rings. The molecule has 1 aromatic carbocycles. The van der Waals surface area contributed by atoms with Crippen molar-refractivity contribution in [3.05, 3.63) is 40.9 Å². The van der Waals surface area contributed by atoms with Gasteiger partial charge in [-0.1, -0.05) is 41.9 Å². The lowest BCUT2D eigenvalue weighted by atomic mass is 10.2. The normalized spacial score (nSPS) is 25.6. The Morgan fingerprint density at radius 3 is 2.69 bits per heavy atom. The van der Waals surface area contributed by atoms with Gasteiger partial charge in [-0.05, 0) is 18.6 Å². The molecule has 0 unspecified atom stereocenters. The molecule has 84 valence electrons. The summed E-state index contributed by atoms with van der Waals surface area (Å²) < 4.78 is 5.35. The third-order valence-corrected chi connectivity index (χ3v) is 2.64. The standard InChI is InChI=1S/C12H12ClNO2/c1-8-11(15)14-12(16-8)10(13)7-9-5-3-2-4-6-9/h2-8,12H,1H3,(H,14,15)/b10-7+/t8-,12-/m1/s1. The van der Waals surface area contributed by atoms with Gasteiger partial charge in [0.2, 0.25) is 0 Å².